The normalized spacial score (nSPS) is 12.3. The second kappa shape index (κ2) is 5.54. The molecule has 21 heavy (non-hydrogen) atoms. The van der Waals surface area contributed by atoms with Crippen molar-refractivity contribution in [1.29, 1.82) is 0 Å². The lowest BCUT2D eigenvalue weighted by Crippen LogP contribution is -2.14. The molecule has 0 saturated carbocycles. The summed E-state index contributed by atoms with van der Waals surface area (Å²) in [4.78, 5) is 4.70. The largest absolute Gasteiger partial charge is 0.497 e. The third-order valence-electron chi connectivity index (χ3n) is 3.74. The average molecular weight is 278 g/mol. The Hall–Kier alpha value is -2.39. The third kappa shape index (κ3) is 2.60. The average Bonchev–Trinajstić information content (AvgIpc) is 2.54. The molecule has 3 heteroatoms. The molecule has 0 aliphatic rings. The fraction of sp³-hybridized carbons (Fsp3) is 0.167. The highest BCUT2D eigenvalue weighted by atomic mass is 16.5. The summed E-state index contributed by atoms with van der Waals surface area (Å²) in [5.74, 6) is 0.827. The Bertz CT molecular complexity index is 766. The highest BCUT2D eigenvalue weighted by molar-refractivity contribution is 5.82. The minimum atomic E-state index is -0.237. The standard InChI is InChI=1S/C18H18N2O/c1-12-11-17(20-16-6-4-3-5-15(12)16)18(19)13-7-9-14(21-2)10-8-13/h3-11,18H,19H2,1-2H3. The van der Waals surface area contributed by atoms with E-state index in [1.54, 1.807) is 7.11 Å². The number of nitrogens with two attached hydrogens (primary N) is 1. The third-order valence-corrected chi connectivity index (χ3v) is 3.74. The van der Waals surface area contributed by atoms with Crippen molar-refractivity contribution in [2.24, 2.45) is 5.73 Å². The summed E-state index contributed by atoms with van der Waals surface area (Å²) >= 11 is 0. The van der Waals surface area contributed by atoms with Crippen molar-refractivity contribution in [1.82, 2.24) is 4.98 Å². The van der Waals surface area contributed by atoms with Gasteiger partial charge in [-0.3, -0.25) is 4.98 Å². The molecule has 2 N–H and O–H groups in total. The molecule has 0 radical (unpaired) electrons. The van der Waals surface area contributed by atoms with Crippen LogP contribution in [0.3, 0.4) is 0 Å². The van der Waals surface area contributed by atoms with Gasteiger partial charge in [-0.2, -0.15) is 0 Å². The first-order chi connectivity index (χ1) is 10.2. The van der Waals surface area contributed by atoms with Crippen LogP contribution in [-0.2, 0) is 0 Å². The van der Waals surface area contributed by atoms with Crippen molar-refractivity contribution in [2.75, 3.05) is 7.11 Å². The molecule has 0 spiro atoms. The number of fused-ring (bicyclic) bond motifs is 1. The topological polar surface area (TPSA) is 48.1 Å². The van der Waals surface area contributed by atoms with Gasteiger partial charge in [0.05, 0.1) is 24.4 Å². The van der Waals surface area contributed by atoms with E-state index in [-0.39, 0.29) is 6.04 Å². The molecule has 106 valence electrons. The van der Waals surface area contributed by atoms with Gasteiger partial charge in [0.15, 0.2) is 0 Å². The summed E-state index contributed by atoms with van der Waals surface area (Å²) < 4.78 is 5.17. The predicted octanol–water partition coefficient (Wildman–Crippen LogP) is 3.60. The molecule has 1 unspecified atom stereocenters. The Morgan fingerprint density at radius 3 is 2.48 bits per heavy atom. The Labute approximate surface area is 124 Å². The monoisotopic (exact) mass is 278 g/mol. The number of ether oxygens (including phenoxy) is 1. The fourth-order valence-electron chi connectivity index (χ4n) is 2.52. The first-order valence-electron chi connectivity index (χ1n) is 6.95. The number of hydrogen-bond donors (Lipinski definition) is 1. The fourth-order valence-corrected chi connectivity index (χ4v) is 2.52. The zero-order valence-electron chi connectivity index (χ0n) is 12.2. The quantitative estimate of drug-likeness (QED) is 0.796. The molecule has 0 saturated heterocycles. The summed E-state index contributed by atoms with van der Waals surface area (Å²) in [6, 6.07) is 17.8. The zero-order valence-corrected chi connectivity index (χ0v) is 12.2. The van der Waals surface area contributed by atoms with E-state index in [1.807, 2.05) is 42.5 Å². The highest BCUT2D eigenvalue weighted by Gasteiger charge is 2.12. The lowest BCUT2D eigenvalue weighted by atomic mass is 10.0. The summed E-state index contributed by atoms with van der Waals surface area (Å²) in [6.07, 6.45) is 0. The number of pyridine rings is 1. The van der Waals surface area contributed by atoms with Gasteiger partial charge in [0, 0.05) is 5.39 Å². The van der Waals surface area contributed by atoms with Crippen LogP contribution >= 0.6 is 0 Å². The second-order valence-electron chi connectivity index (χ2n) is 5.13. The summed E-state index contributed by atoms with van der Waals surface area (Å²) in [5.41, 5.74) is 10.5. The van der Waals surface area contributed by atoms with Gasteiger partial charge in [0.2, 0.25) is 0 Å². The Morgan fingerprint density at radius 1 is 1.05 bits per heavy atom. The molecule has 0 amide bonds. The molecule has 0 aliphatic carbocycles. The van der Waals surface area contributed by atoms with Crippen LogP contribution in [0.5, 0.6) is 5.75 Å². The molecule has 3 nitrogen and oxygen atoms in total. The van der Waals surface area contributed by atoms with Crippen LogP contribution in [0.2, 0.25) is 0 Å². The molecule has 0 bridgehead atoms. The van der Waals surface area contributed by atoms with E-state index in [0.29, 0.717) is 0 Å². The van der Waals surface area contributed by atoms with E-state index in [1.165, 1.54) is 10.9 Å². The smallest absolute Gasteiger partial charge is 0.118 e. The molecule has 0 fully saturated rings. The lowest BCUT2D eigenvalue weighted by Gasteiger charge is -2.14. The molecule has 1 aromatic heterocycles. The highest BCUT2D eigenvalue weighted by Crippen LogP contribution is 2.24. The Balaban J connectivity index is 2.02. The van der Waals surface area contributed by atoms with Crippen LogP contribution in [-0.4, -0.2) is 12.1 Å². The van der Waals surface area contributed by atoms with Crippen LogP contribution in [0.1, 0.15) is 22.9 Å². The maximum absolute atomic E-state index is 6.36. The summed E-state index contributed by atoms with van der Waals surface area (Å²) in [7, 11) is 1.66. The van der Waals surface area contributed by atoms with Gasteiger partial charge in [0.1, 0.15) is 5.75 Å². The van der Waals surface area contributed by atoms with E-state index in [9.17, 15) is 0 Å². The molecular weight excluding hydrogens is 260 g/mol. The number of para-hydroxylation sites is 1. The van der Waals surface area contributed by atoms with E-state index < -0.39 is 0 Å². The van der Waals surface area contributed by atoms with Crippen molar-refractivity contribution in [3.05, 3.63) is 71.4 Å². The van der Waals surface area contributed by atoms with Gasteiger partial charge in [-0.1, -0.05) is 30.3 Å². The number of nitrogens with zero attached hydrogens (tertiary/aromatic N) is 1. The Morgan fingerprint density at radius 2 is 1.76 bits per heavy atom. The maximum atomic E-state index is 6.36. The number of benzene rings is 2. The van der Waals surface area contributed by atoms with Crippen molar-refractivity contribution < 1.29 is 4.74 Å². The number of aryl methyl sites for hydroxylation is 1. The minimum absolute atomic E-state index is 0.237. The van der Waals surface area contributed by atoms with E-state index in [0.717, 1.165) is 22.5 Å². The van der Waals surface area contributed by atoms with Crippen molar-refractivity contribution in [3.8, 4) is 5.75 Å². The second-order valence-corrected chi connectivity index (χ2v) is 5.13. The molecule has 1 heterocycles. The van der Waals surface area contributed by atoms with Crippen LogP contribution in [0.25, 0.3) is 10.9 Å². The molecule has 1 atom stereocenters. The van der Waals surface area contributed by atoms with Gasteiger partial charge in [-0.05, 0) is 42.3 Å². The van der Waals surface area contributed by atoms with Crippen molar-refractivity contribution in [2.45, 2.75) is 13.0 Å². The molecule has 3 rings (SSSR count). The maximum Gasteiger partial charge on any atom is 0.118 e. The number of rotatable bonds is 3. The van der Waals surface area contributed by atoms with Gasteiger partial charge in [-0.25, -0.2) is 0 Å². The molecule has 3 aromatic rings. The van der Waals surface area contributed by atoms with Crippen molar-refractivity contribution >= 4 is 10.9 Å². The van der Waals surface area contributed by atoms with E-state index in [4.69, 9.17) is 15.5 Å². The van der Waals surface area contributed by atoms with E-state index >= 15 is 0 Å². The van der Waals surface area contributed by atoms with Crippen molar-refractivity contribution in [3.63, 3.8) is 0 Å². The SMILES string of the molecule is COc1ccc(C(N)c2cc(C)c3ccccc3n2)cc1. The van der Waals surface area contributed by atoms with Crippen LogP contribution in [0, 0.1) is 6.92 Å². The first-order valence-corrected chi connectivity index (χ1v) is 6.95. The van der Waals surface area contributed by atoms with Gasteiger partial charge in [0.25, 0.3) is 0 Å². The molecule has 0 aliphatic heterocycles. The summed E-state index contributed by atoms with van der Waals surface area (Å²) in [5, 5.41) is 1.17. The van der Waals surface area contributed by atoms with Gasteiger partial charge >= 0.3 is 0 Å². The Kier molecular flexibility index (Phi) is 3.59. The van der Waals surface area contributed by atoms with Crippen LogP contribution in [0.15, 0.2) is 54.6 Å². The van der Waals surface area contributed by atoms with E-state index in [2.05, 4.69) is 19.1 Å². The minimum Gasteiger partial charge on any atom is -0.497 e. The van der Waals surface area contributed by atoms with Gasteiger partial charge < -0.3 is 10.5 Å². The molecular formula is C18H18N2O. The first kappa shape index (κ1) is 13.6. The molecule has 2 aromatic carbocycles. The number of hydrogen-bond acceptors (Lipinski definition) is 3. The lowest BCUT2D eigenvalue weighted by molar-refractivity contribution is 0.414. The summed E-state index contributed by atoms with van der Waals surface area (Å²) in [6.45, 7) is 2.09. The zero-order chi connectivity index (χ0) is 14.8. The number of aromatic nitrogens is 1. The number of methoxy groups -OCH3 is 1. The van der Waals surface area contributed by atoms with Gasteiger partial charge in [-0.15, -0.1) is 0 Å². The predicted molar refractivity (Wildman–Crippen MR) is 85.5 cm³/mol. The van der Waals surface area contributed by atoms with Crippen LogP contribution in [0.4, 0.5) is 0 Å². The van der Waals surface area contributed by atoms with Crippen LogP contribution < -0.4 is 10.5 Å².